The highest BCUT2D eigenvalue weighted by molar-refractivity contribution is 6.47. The molecule has 204 valence electrons. The number of hydrogen-bond donors (Lipinski definition) is 2. The zero-order valence-corrected chi connectivity index (χ0v) is 23.0. The van der Waals surface area contributed by atoms with Crippen molar-refractivity contribution in [1.29, 1.82) is 0 Å². The normalized spacial score (nSPS) is 18.7. The number of halogens is 2. The van der Waals surface area contributed by atoms with E-state index in [1.807, 2.05) is 30.9 Å². The number of rotatable bonds is 12. The van der Waals surface area contributed by atoms with Crippen LogP contribution in [0, 0.1) is 11.7 Å². The number of carbonyl (C=O) groups is 3. The van der Waals surface area contributed by atoms with Gasteiger partial charge >= 0.3 is 5.97 Å². The minimum atomic E-state index is -0.984. The Morgan fingerprint density at radius 2 is 1.87 bits per heavy atom. The van der Waals surface area contributed by atoms with Gasteiger partial charge in [0.25, 0.3) is 11.8 Å². The van der Waals surface area contributed by atoms with Gasteiger partial charge in [0, 0.05) is 17.7 Å². The molecular weight excluding hydrogens is 509 g/mol. The second-order valence-corrected chi connectivity index (χ2v) is 10.4. The number of aliphatic carboxylic acids is 1. The van der Waals surface area contributed by atoms with E-state index in [4.69, 9.17) is 21.7 Å². The van der Waals surface area contributed by atoms with Crippen LogP contribution >= 0.6 is 11.6 Å². The summed E-state index contributed by atoms with van der Waals surface area (Å²) >= 11 is 6.03. The van der Waals surface area contributed by atoms with E-state index in [1.54, 1.807) is 12.1 Å². The van der Waals surface area contributed by atoms with Crippen LogP contribution in [0.1, 0.15) is 87.3 Å². The molecule has 1 aliphatic heterocycles. The van der Waals surface area contributed by atoms with Crippen LogP contribution in [0.2, 0.25) is 5.02 Å². The minimum Gasteiger partial charge on any atom is -0.481 e. The summed E-state index contributed by atoms with van der Waals surface area (Å²) in [7, 11) is 0. The summed E-state index contributed by atoms with van der Waals surface area (Å²) in [6, 6.07) is 10.9. The Hall–Kier alpha value is -3.26. The molecule has 7 nitrogen and oxygen atoms in total. The fourth-order valence-electron chi connectivity index (χ4n) is 5.19. The molecule has 3 atom stereocenters. The Bertz CT molecular complexity index is 1220. The maximum Gasteiger partial charge on any atom is 0.305 e. The van der Waals surface area contributed by atoms with Crippen molar-refractivity contribution in [2.24, 2.45) is 10.9 Å². The summed E-state index contributed by atoms with van der Waals surface area (Å²) < 4.78 is 13.8. The number of nitrogens with zero attached hydrogens (tertiary/aromatic N) is 2. The van der Waals surface area contributed by atoms with Crippen molar-refractivity contribution in [1.82, 2.24) is 10.2 Å². The lowest BCUT2D eigenvalue weighted by molar-refractivity contribution is -0.137. The molecule has 2 aromatic carbocycles. The minimum absolute atomic E-state index is 0.0393. The van der Waals surface area contributed by atoms with Crippen LogP contribution in [-0.4, -0.2) is 45.7 Å². The highest BCUT2D eigenvalue weighted by Crippen LogP contribution is 2.41. The first kappa shape index (κ1) is 29.3. The van der Waals surface area contributed by atoms with Gasteiger partial charge < -0.3 is 15.3 Å². The number of carbonyl (C=O) groups excluding carboxylic acids is 2. The van der Waals surface area contributed by atoms with Gasteiger partial charge in [0.05, 0.1) is 17.5 Å². The number of hydrogen-bond acceptors (Lipinski definition) is 4. The monoisotopic (exact) mass is 543 g/mol. The molecule has 3 rings (SSSR count). The third kappa shape index (κ3) is 6.59. The van der Waals surface area contributed by atoms with E-state index in [0.29, 0.717) is 29.9 Å². The molecular formula is C29H35ClFN3O4. The van der Waals surface area contributed by atoms with Crippen LogP contribution in [0.5, 0.6) is 0 Å². The molecule has 0 saturated heterocycles. The van der Waals surface area contributed by atoms with Crippen molar-refractivity contribution in [3.63, 3.8) is 0 Å². The molecule has 2 amide bonds. The fraction of sp³-hybridized carbons (Fsp3) is 0.448. The third-order valence-electron chi connectivity index (χ3n) is 6.88. The average molecular weight is 544 g/mol. The SMILES string of the molecule is CCCC(C)CC1(C)N=C(c2ccc(F)c(Cl)c2)C(=O)N1[C@H](CC)c1ccc(C(=O)NCCC(=O)O)cc1. The fourth-order valence-corrected chi connectivity index (χ4v) is 5.37. The van der Waals surface area contributed by atoms with Gasteiger partial charge in [0.15, 0.2) is 0 Å². The summed E-state index contributed by atoms with van der Waals surface area (Å²) in [5, 5.41) is 11.3. The van der Waals surface area contributed by atoms with Crippen molar-refractivity contribution in [2.75, 3.05) is 6.54 Å². The number of aliphatic imine (C=N–C) groups is 1. The smallest absolute Gasteiger partial charge is 0.305 e. The molecule has 2 unspecified atom stereocenters. The van der Waals surface area contributed by atoms with E-state index < -0.39 is 17.4 Å². The second kappa shape index (κ2) is 12.5. The Labute approximate surface area is 228 Å². The van der Waals surface area contributed by atoms with Gasteiger partial charge in [-0.3, -0.25) is 19.4 Å². The number of benzene rings is 2. The van der Waals surface area contributed by atoms with Crippen LogP contribution in [0.4, 0.5) is 4.39 Å². The van der Waals surface area contributed by atoms with E-state index >= 15 is 0 Å². The lowest BCUT2D eigenvalue weighted by atomic mass is 9.90. The highest BCUT2D eigenvalue weighted by atomic mass is 35.5. The lowest BCUT2D eigenvalue weighted by Crippen LogP contribution is -2.47. The van der Waals surface area contributed by atoms with Crippen LogP contribution in [0.25, 0.3) is 0 Å². The summed E-state index contributed by atoms with van der Waals surface area (Å²) in [5.41, 5.74) is 1.16. The molecule has 2 aromatic rings. The number of amides is 2. The van der Waals surface area contributed by atoms with Crippen LogP contribution < -0.4 is 5.32 Å². The topological polar surface area (TPSA) is 99.1 Å². The maximum absolute atomic E-state index is 13.9. The summed E-state index contributed by atoms with van der Waals surface area (Å²) in [5.74, 6) is -1.84. The second-order valence-electron chi connectivity index (χ2n) is 10.0. The number of carboxylic acids is 1. The third-order valence-corrected chi connectivity index (χ3v) is 7.17. The zero-order chi connectivity index (χ0) is 28.0. The molecule has 38 heavy (non-hydrogen) atoms. The molecule has 0 fully saturated rings. The zero-order valence-electron chi connectivity index (χ0n) is 22.3. The van der Waals surface area contributed by atoms with Gasteiger partial charge in [-0.25, -0.2) is 4.39 Å². The van der Waals surface area contributed by atoms with Gasteiger partial charge in [-0.2, -0.15) is 0 Å². The Balaban J connectivity index is 1.94. The van der Waals surface area contributed by atoms with Crippen LogP contribution in [0.15, 0.2) is 47.5 Å². The Morgan fingerprint density at radius 1 is 1.18 bits per heavy atom. The van der Waals surface area contributed by atoms with Crippen LogP contribution in [-0.2, 0) is 9.59 Å². The molecule has 0 radical (unpaired) electrons. The van der Waals surface area contributed by atoms with E-state index in [1.165, 1.54) is 18.2 Å². The predicted molar refractivity (Wildman–Crippen MR) is 146 cm³/mol. The van der Waals surface area contributed by atoms with Crippen molar-refractivity contribution in [3.8, 4) is 0 Å². The predicted octanol–water partition coefficient (Wildman–Crippen LogP) is 6.01. The molecule has 0 aromatic heterocycles. The van der Waals surface area contributed by atoms with Crippen molar-refractivity contribution < 1.29 is 23.9 Å². The number of nitrogens with one attached hydrogen (secondary N) is 1. The summed E-state index contributed by atoms with van der Waals surface area (Å²) in [4.78, 5) is 43.8. The highest BCUT2D eigenvalue weighted by Gasteiger charge is 2.47. The first-order valence-electron chi connectivity index (χ1n) is 13.0. The molecule has 1 aliphatic rings. The molecule has 0 spiro atoms. The molecule has 2 N–H and O–H groups in total. The van der Waals surface area contributed by atoms with Crippen molar-refractivity contribution >= 4 is 35.1 Å². The summed E-state index contributed by atoms with van der Waals surface area (Å²) in [6.07, 6.45) is 3.12. The van der Waals surface area contributed by atoms with E-state index in [9.17, 15) is 18.8 Å². The van der Waals surface area contributed by atoms with Crippen LogP contribution in [0.3, 0.4) is 0 Å². The Kier molecular flexibility index (Phi) is 9.66. The Morgan fingerprint density at radius 3 is 2.45 bits per heavy atom. The van der Waals surface area contributed by atoms with Crippen molar-refractivity contribution in [3.05, 3.63) is 70.0 Å². The first-order valence-corrected chi connectivity index (χ1v) is 13.4. The first-order chi connectivity index (χ1) is 18.0. The van der Waals surface area contributed by atoms with Gasteiger partial charge in [-0.1, -0.05) is 57.3 Å². The summed E-state index contributed by atoms with van der Waals surface area (Å²) in [6.45, 7) is 8.27. The van der Waals surface area contributed by atoms with Crippen molar-refractivity contribution in [2.45, 2.75) is 71.5 Å². The van der Waals surface area contributed by atoms with E-state index in [0.717, 1.165) is 18.4 Å². The average Bonchev–Trinajstić information content (AvgIpc) is 3.11. The van der Waals surface area contributed by atoms with Gasteiger partial charge in [-0.05, 0) is 61.6 Å². The lowest BCUT2D eigenvalue weighted by Gasteiger charge is -2.40. The standard InChI is InChI=1S/C29H35ClFN3O4/c1-5-7-18(3)17-29(4)33-26(21-12-13-23(31)22(30)16-21)28(38)34(29)24(6-2)19-8-10-20(11-9-19)27(37)32-15-14-25(35)36/h8-13,16,18,24H,5-7,14-15,17H2,1-4H3,(H,32,37)(H,35,36)/t18?,24-,29?/m1/s1. The largest absolute Gasteiger partial charge is 0.481 e. The van der Waals surface area contributed by atoms with Gasteiger partial charge in [-0.15, -0.1) is 0 Å². The molecule has 0 aliphatic carbocycles. The van der Waals surface area contributed by atoms with E-state index in [2.05, 4.69) is 19.2 Å². The molecule has 9 heteroatoms. The van der Waals surface area contributed by atoms with Gasteiger partial charge in [0.1, 0.15) is 17.2 Å². The maximum atomic E-state index is 13.9. The molecule has 0 saturated carbocycles. The molecule has 1 heterocycles. The van der Waals surface area contributed by atoms with E-state index in [-0.39, 0.29) is 41.6 Å². The number of carboxylic acid groups (broad SMARTS) is 1. The quantitative estimate of drug-likeness (QED) is 0.342. The van der Waals surface area contributed by atoms with Gasteiger partial charge in [0.2, 0.25) is 0 Å². The molecule has 0 bridgehead atoms.